The van der Waals surface area contributed by atoms with E-state index in [9.17, 15) is 19.5 Å². The van der Waals surface area contributed by atoms with E-state index in [2.05, 4.69) is 10.6 Å². The fraction of sp³-hybridized carbons (Fsp3) is 0.471. The molecule has 1 aliphatic heterocycles. The number of carbonyl (C=O) groups excluding carboxylic acids is 2. The van der Waals surface area contributed by atoms with Gasteiger partial charge in [0.2, 0.25) is 5.91 Å². The van der Waals surface area contributed by atoms with Crippen molar-refractivity contribution in [2.45, 2.75) is 31.7 Å². The minimum absolute atomic E-state index is 0.0254. The Bertz CT molecular complexity index is 672. The number of anilines is 1. The quantitative estimate of drug-likeness (QED) is 0.724. The van der Waals surface area contributed by atoms with Crippen molar-refractivity contribution < 1.29 is 19.5 Å². The van der Waals surface area contributed by atoms with Gasteiger partial charge in [0.25, 0.3) is 5.91 Å². The average molecular weight is 333 g/mol. The second kappa shape index (κ2) is 6.90. The van der Waals surface area contributed by atoms with Crippen molar-refractivity contribution in [2.24, 2.45) is 0 Å². The molecule has 0 aromatic heterocycles. The van der Waals surface area contributed by atoms with Gasteiger partial charge >= 0.3 is 5.97 Å². The zero-order valence-corrected chi connectivity index (χ0v) is 14.2. The summed E-state index contributed by atoms with van der Waals surface area (Å²) in [5.41, 5.74) is 0.968. The smallest absolute Gasteiger partial charge is 0.329 e. The Hall–Kier alpha value is -2.57. The minimum Gasteiger partial charge on any atom is -0.480 e. The Morgan fingerprint density at radius 2 is 2.04 bits per heavy atom. The molecule has 0 spiro atoms. The van der Waals surface area contributed by atoms with Gasteiger partial charge < -0.3 is 20.6 Å². The maximum absolute atomic E-state index is 12.5. The summed E-state index contributed by atoms with van der Waals surface area (Å²) in [4.78, 5) is 37.2. The molecule has 1 aliphatic rings. The van der Waals surface area contributed by atoms with Crippen molar-refractivity contribution in [1.82, 2.24) is 10.2 Å². The number of carboxylic acid groups (broad SMARTS) is 1. The third kappa shape index (κ3) is 3.84. The van der Waals surface area contributed by atoms with Gasteiger partial charge in [0.1, 0.15) is 5.54 Å². The summed E-state index contributed by atoms with van der Waals surface area (Å²) in [5.74, 6) is -1.79. The topological polar surface area (TPSA) is 98.7 Å². The molecule has 0 unspecified atom stereocenters. The van der Waals surface area contributed by atoms with Crippen molar-refractivity contribution >= 4 is 23.5 Å². The van der Waals surface area contributed by atoms with Gasteiger partial charge in [0.15, 0.2) is 0 Å². The molecule has 1 aromatic rings. The monoisotopic (exact) mass is 333 g/mol. The zero-order valence-electron chi connectivity index (χ0n) is 14.2. The van der Waals surface area contributed by atoms with Gasteiger partial charge in [-0.25, -0.2) is 4.79 Å². The Morgan fingerprint density at radius 3 is 2.67 bits per heavy atom. The molecule has 3 N–H and O–H groups in total. The highest BCUT2D eigenvalue weighted by atomic mass is 16.4. The predicted molar refractivity (Wildman–Crippen MR) is 90.1 cm³/mol. The number of amides is 2. The second-order valence-electron chi connectivity index (χ2n) is 6.43. The summed E-state index contributed by atoms with van der Waals surface area (Å²) in [6, 6.07) is 5.27. The lowest BCUT2D eigenvalue weighted by Gasteiger charge is -2.26. The second-order valence-corrected chi connectivity index (χ2v) is 6.43. The highest BCUT2D eigenvalue weighted by molar-refractivity contribution is 5.98. The van der Waals surface area contributed by atoms with Gasteiger partial charge in [0, 0.05) is 38.3 Å². The van der Waals surface area contributed by atoms with Crippen LogP contribution in [0.25, 0.3) is 0 Å². The molecule has 7 heteroatoms. The van der Waals surface area contributed by atoms with Crippen molar-refractivity contribution in [2.75, 3.05) is 26.0 Å². The van der Waals surface area contributed by atoms with Crippen LogP contribution < -0.4 is 10.6 Å². The molecule has 130 valence electrons. The van der Waals surface area contributed by atoms with Crippen LogP contribution in [0, 0.1) is 0 Å². The first kappa shape index (κ1) is 17.8. The number of nitrogens with one attached hydrogen (secondary N) is 2. The maximum Gasteiger partial charge on any atom is 0.329 e. The molecule has 7 nitrogen and oxygen atoms in total. The van der Waals surface area contributed by atoms with Crippen molar-refractivity contribution in [3.05, 3.63) is 29.3 Å². The van der Waals surface area contributed by atoms with Crippen molar-refractivity contribution in [1.29, 1.82) is 0 Å². The summed E-state index contributed by atoms with van der Waals surface area (Å²) < 4.78 is 0. The normalized spacial score (nSPS) is 15.0. The van der Waals surface area contributed by atoms with E-state index in [1.807, 2.05) is 6.07 Å². The summed E-state index contributed by atoms with van der Waals surface area (Å²) in [6.07, 6.45) is 0.908. The van der Waals surface area contributed by atoms with E-state index in [-0.39, 0.29) is 18.7 Å². The molecule has 0 bridgehead atoms. The lowest BCUT2D eigenvalue weighted by Crippen LogP contribution is -2.52. The van der Waals surface area contributed by atoms with Gasteiger partial charge in [0.05, 0.1) is 0 Å². The van der Waals surface area contributed by atoms with Crippen LogP contribution in [0.2, 0.25) is 0 Å². The maximum atomic E-state index is 12.5. The van der Waals surface area contributed by atoms with Gasteiger partial charge in [-0.1, -0.05) is 0 Å². The molecular formula is C17H23N3O4. The minimum atomic E-state index is -1.50. The Balaban J connectivity index is 2.10. The van der Waals surface area contributed by atoms with Gasteiger partial charge in [-0.3, -0.25) is 9.59 Å². The molecule has 0 fully saturated rings. The lowest BCUT2D eigenvalue weighted by molar-refractivity contribution is -0.144. The van der Waals surface area contributed by atoms with Crippen LogP contribution in [0.3, 0.4) is 0 Å². The van der Waals surface area contributed by atoms with Crippen LogP contribution in [0.5, 0.6) is 0 Å². The molecule has 0 radical (unpaired) electrons. The van der Waals surface area contributed by atoms with Crippen LogP contribution in [-0.2, 0) is 16.0 Å². The van der Waals surface area contributed by atoms with Crippen LogP contribution in [0.1, 0.15) is 35.7 Å². The number of carbonyl (C=O) groups is 3. The first-order valence-electron chi connectivity index (χ1n) is 7.86. The number of aliphatic carboxylic acids is 1. The fourth-order valence-electron chi connectivity index (χ4n) is 2.57. The molecule has 2 amide bonds. The number of carboxylic acids is 1. The Labute approximate surface area is 141 Å². The molecule has 1 heterocycles. The molecular weight excluding hydrogens is 310 g/mol. The molecule has 24 heavy (non-hydrogen) atoms. The zero-order chi connectivity index (χ0) is 17.9. The van der Waals surface area contributed by atoms with E-state index in [4.69, 9.17) is 0 Å². The Morgan fingerprint density at radius 1 is 1.33 bits per heavy atom. The van der Waals surface area contributed by atoms with E-state index in [1.165, 1.54) is 11.8 Å². The number of rotatable bonds is 6. The number of hydrogen-bond donors (Lipinski definition) is 3. The van der Waals surface area contributed by atoms with Gasteiger partial charge in [-0.2, -0.15) is 0 Å². The van der Waals surface area contributed by atoms with Crippen LogP contribution in [-0.4, -0.2) is 54.0 Å². The largest absolute Gasteiger partial charge is 0.480 e. The number of hydrogen-bond acceptors (Lipinski definition) is 4. The highest BCUT2D eigenvalue weighted by Gasteiger charge is 2.35. The molecule has 0 saturated heterocycles. The number of fused-ring (bicyclic) bond motifs is 1. The van der Waals surface area contributed by atoms with E-state index in [0.29, 0.717) is 5.56 Å². The molecule has 0 saturated carbocycles. The number of nitrogens with zero attached hydrogens (tertiary/aromatic N) is 1. The molecule has 0 aliphatic carbocycles. The standard InChI is InChI=1S/C17H23N3O4/c1-17(16(23)24,8-6-14(21)20(2)3)19-15(22)12-4-5-13-11(10-12)7-9-18-13/h4-5,10,18H,6-9H2,1-3H3,(H,19,22)(H,23,24)/t17-/m0/s1. The molecule has 2 rings (SSSR count). The average Bonchev–Trinajstić information content (AvgIpc) is 2.99. The fourth-order valence-corrected chi connectivity index (χ4v) is 2.57. The van der Waals surface area contributed by atoms with Gasteiger partial charge in [-0.05, 0) is 43.5 Å². The Kier molecular flexibility index (Phi) is 5.11. The van der Waals surface area contributed by atoms with Gasteiger partial charge in [-0.15, -0.1) is 0 Å². The SMILES string of the molecule is CN(C)C(=O)CC[C@](C)(NC(=O)c1ccc2c(c1)CCN2)C(=O)O. The summed E-state index contributed by atoms with van der Waals surface area (Å²) in [7, 11) is 3.22. The van der Waals surface area contributed by atoms with E-state index in [1.54, 1.807) is 26.2 Å². The third-order valence-corrected chi connectivity index (χ3v) is 4.28. The van der Waals surface area contributed by atoms with Crippen LogP contribution in [0.4, 0.5) is 5.69 Å². The van der Waals surface area contributed by atoms with Crippen molar-refractivity contribution in [3.63, 3.8) is 0 Å². The van der Waals surface area contributed by atoms with Crippen LogP contribution >= 0.6 is 0 Å². The highest BCUT2D eigenvalue weighted by Crippen LogP contribution is 2.23. The lowest BCUT2D eigenvalue weighted by atomic mass is 9.94. The van der Waals surface area contributed by atoms with E-state index >= 15 is 0 Å². The third-order valence-electron chi connectivity index (χ3n) is 4.28. The summed E-state index contributed by atoms with van der Waals surface area (Å²) >= 11 is 0. The van der Waals surface area contributed by atoms with E-state index < -0.39 is 17.4 Å². The van der Waals surface area contributed by atoms with E-state index in [0.717, 1.165) is 24.2 Å². The predicted octanol–water partition coefficient (Wildman–Crippen LogP) is 1.10. The molecule has 1 aromatic carbocycles. The number of benzene rings is 1. The summed E-state index contributed by atoms with van der Waals surface area (Å²) in [6.45, 7) is 2.25. The van der Waals surface area contributed by atoms with Crippen LogP contribution in [0.15, 0.2) is 18.2 Å². The first-order chi connectivity index (χ1) is 11.2. The first-order valence-corrected chi connectivity index (χ1v) is 7.86. The van der Waals surface area contributed by atoms with Crippen molar-refractivity contribution in [3.8, 4) is 0 Å². The molecule has 1 atom stereocenters. The summed E-state index contributed by atoms with van der Waals surface area (Å²) in [5, 5.41) is 15.3.